The Bertz CT molecular complexity index is 1540. The molecule has 0 unspecified atom stereocenters. The minimum atomic E-state index is -0.647. The first-order chi connectivity index (χ1) is 18.3. The van der Waals surface area contributed by atoms with Crippen molar-refractivity contribution in [1.29, 1.82) is 0 Å². The molecule has 38 heavy (non-hydrogen) atoms. The number of carbonyl (C=O) groups excluding carboxylic acids is 2. The van der Waals surface area contributed by atoms with Crippen LogP contribution in [0.2, 0.25) is 0 Å². The van der Waals surface area contributed by atoms with Crippen molar-refractivity contribution in [2.45, 2.75) is 33.1 Å². The summed E-state index contributed by atoms with van der Waals surface area (Å²) < 4.78 is 17.0. The molecule has 4 aromatic rings. The highest BCUT2D eigenvalue weighted by Gasteiger charge is 2.23. The molecule has 0 aliphatic heterocycles. The normalized spacial score (nSPS) is 11.0. The average Bonchev–Trinajstić information content (AvgIpc) is 3.32. The molecule has 9 nitrogen and oxygen atoms in total. The smallest absolute Gasteiger partial charge is 0.359 e. The van der Waals surface area contributed by atoms with Gasteiger partial charge in [-0.1, -0.05) is 32.0 Å². The van der Waals surface area contributed by atoms with Crippen molar-refractivity contribution in [2.75, 3.05) is 26.1 Å². The van der Waals surface area contributed by atoms with Crippen LogP contribution in [0.25, 0.3) is 16.5 Å². The molecule has 198 valence electrons. The van der Waals surface area contributed by atoms with E-state index in [4.69, 9.17) is 14.2 Å². The van der Waals surface area contributed by atoms with Gasteiger partial charge < -0.3 is 19.5 Å². The van der Waals surface area contributed by atoms with Gasteiger partial charge in [-0.2, -0.15) is 9.78 Å². The Morgan fingerprint density at radius 2 is 1.76 bits per heavy atom. The predicted octanol–water partition coefficient (Wildman–Crippen LogP) is 4.95. The van der Waals surface area contributed by atoms with Crippen molar-refractivity contribution in [3.8, 4) is 17.2 Å². The van der Waals surface area contributed by atoms with Crippen LogP contribution >= 0.6 is 11.3 Å². The van der Waals surface area contributed by atoms with Gasteiger partial charge in [0.05, 0.1) is 38.3 Å². The summed E-state index contributed by atoms with van der Waals surface area (Å²) in [7, 11) is 3.06. The number of methoxy groups -OCH3 is 2. The van der Waals surface area contributed by atoms with Crippen LogP contribution in [0.15, 0.2) is 52.6 Å². The van der Waals surface area contributed by atoms with Gasteiger partial charge in [-0.3, -0.25) is 9.59 Å². The van der Waals surface area contributed by atoms with Crippen LogP contribution in [0.1, 0.15) is 48.3 Å². The lowest BCUT2D eigenvalue weighted by atomic mass is 10.0. The minimum absolute atomic E-state index is 0.00558. The second-order valence-corrected chi connectivity index (χ2v) is 9.68. The van der Waals surface area contributed by atoms with E-state index in [0.717, 1.165) is 16.9 Å². The maximum absolute atomic E-state index is 13.6. The van der Waals surface area contributed by atoms with Crippen molar-refractivity contribution < 1.29 is 23.8 Å². The van der Waals surface area contributed by atoms with Gasteiger partial charge >= 0.3 is 5.97 Å². The van der Waals surface area contributed by atoms with Gasteiger partial charge in [-0.15, -0.1) is 11.3 Å². The number of amides is 1. The monoisotopic (exact) mass is 535 g/mol. The Labute approximate surface area is 224 Å². The maximum atomic E-state index is 13.6. The summed E-state index contributed by atoms with van der Waals surface area (Å²) in [6.07, 6.45) is 0.0421. The molecule has 10 heteroatoms. The number of fused-ring (bicyclic) bond motifs is 1. The van der Waals surface area contributed by atoms with Crippen molar-refractivity contribution in [2.24, 2.45) is 0 Å². The molecule has 2 heterocycles. The van der Waals surface area contributed by atoms with Crippen molar-refractivity contribution in [3.05, 3.63) is 75.0 Å². The van der Waals surface area contributed by atoms with E-state index in [1.54, 1.807) is 42.6 Å². The number of aromatic nitrogens is 2. The first kappa shape index (κ1) is 26.9. The molecule has 0 saturated heterocycles. The predicted molar refractivity (Wildman–Crippen MR) is 147 cm³/mol. The molecule has 0 radical (unpaired) electrons. The van der Waals surface area contributed by atoms with Crippen LogP contribution in [0.3, 0.4) is 0 Å². The zero-order valence-electron chi connectivity index (χ0n) is 21.9. The topological polar surface area (TPSA) is 109 Å². The van der Waals surface area contributed by atoms with E-state index < -0.39 is 11.5 Å². The van der Waals surface area contributed by atoms with E-state index in [0.29, 0.717) is 39.1 Å². The Morgan fingerprint density at radius 3 is 2.39 bits per heavy atom. The van der Waals surface area contributed by atoms with E-state index in [2.05, 4.69) is 24.3 Å². The third-order valence-electron chi connectivity index (χ3n) is 5.99. The average molecular weight is 536 g/mol. The second kappa shape index (κ2) is 11.5. The summed E-state index contributed by atoms with van der Waals surface area (Å²) in [5.41, 5.74) is 1.87. The van der Waals surface area contributed by atoms with E-state index in [1.165, 1.54) is 18.9 Å². The third-order valence-corrected chi connectivity index (χ3v) is 6.89. The zero-order chi connectivity index (χ0) is 27.4. The van der Waals surface area contributed by atoms with E-state index in [1.807, 2.05) is 12.1 Å². The first-order valence-corrected chi connectivity index (χ1v) is 13.0. The number of esters is 1. The molecular weight excluding hydrogens is 506 g/mol. The van der Waals surface area contributed by atoms with Gasteiger partial charge in [-0.05, 0) is 48.2 Å². The van der Waals surface area contributed by atoms with Gasteiger partial charge in [0.15, 0.2) is 17.2 Å². The highest BCUT2D eigenvalue weighted by Crippen LogP contribution is 2.32. The largest absolute Gasteiger partial charge is 0.493 e. The maximum Gasteiger partial charge on any atom is 0.359 e. The second-order valence-electron chi connectivity index (χ2n) is 8.80. The van der Waals surface area contributed by atoms with Crippen molar-refractivity contribution in [3.63, 3.8) is 0 Å². The van der Waals surface area contributed by atoms with E-state index >= 15 is 0 Å². The molecule has 1 amide bonds. The Hall–Kier alpha value is -4.18. The fraction of sp³-hybridized carbons (Fsp3) is 0.286. The number of carbonyl (C=O) groups is 2. The van der Waals surface area contributed by atoms with Gasteiger partial charge in [0.25, 0.3) is 5.56 Å². The number of nitrogens with zero attached hydrogens (tertiary/aromatic N) is 2. The van der Waals surface area contributed by atoms with Crippen LogP contribution < -0.4 is 20.3 Å². The van der Waals surface area contributed by atoms with Crippen molar-refractivity contribution >= 4 is 39.0 Å². The Morgan fingerprint density at radius 1 is 1.05 bits per heavy atom. The van der Waals surface area contributed by atoms with Crippen LogP contribution in [0.5, 0.6) is 11.5 Å². The van der Waals surface area contributed by atoms with Gasteiger partial charge in [0, 0.05) is 10.8 Å². The number of anilines is 1. The molecule has 1 N–H and O–H groups in total. The number of nitrogens with one attached hydrogen (secondary N) is 1. The Kier molecular flexibility index (Phi) is 8.11. The van der Waals surface area contributed by atoms with Gasteiger partial charge in [0.2, 0.25) is 5.91 Å². The van der Waals surface area contributed by atoms with Crippen LogP contribution in [-0.4, -0.2) is 42.5 Å². The van der Waals surface area contributed by atoms with Gasteiger partial charge in [-0.25, -0.2) is 4.79 Å². The highest BCUT2D eigenvalue weighted by atomic mass is 32.1. The summed E-state index contributed by atoms with van der Waals surface area (Å²) in [5, 5.41) is 9.68. The number of thiophene rings is 1. The summed E-state index contributed by atoms with van der Waals surface area (Å²) >= 11 is 1.15. The summed E-state index contributed by atoms with van der Waals surface area (Å²) in [4.78, 5) is 39.4. The number of benzene rings is 2. The molecule has 0 bridgehead atoms. The number of hydrogen-bond acceptors (Lipinski definition) is 8. The summed E-state index contributed by atoms with van der Waals surface area (Å²) in [6.45, 7) is 6.01. The number of rotatable bonds is 9. The summed E-state index contributed by atoms with van der Waals surface area (Å²) in [6, 6.07) is 12.6. The fourth-order valence-electron chi connectivity index (χ4n) is 4.01. The minimum Gasteiger partial charge on any atom is -0.493 e. The lowest BCUT2D eigenvalue weighted by Crippen LogP contribution is -2.25. The molecule has 0 atom stereocenters. The van der Waals surface area contributed by atoms with Gasteiger partial charge in [0.1, 0.15) is 5.00 Å². The van der Waals surface area contributed by atoms with E-state index in [-0.39, 0.29) is 30.0 Å². The lowest BCUT2D eigenvalue weighted by Gasteiger charge is -2.12. The van der Waals surface area contributed by atoms with Crippen molar-refractivity contribution in [1.82, 2.24) is 9.78 Å². The molecule has 0 aliphatic carbocycles. The molecule has 0 saturated carbocycles. The quantitative estimate of drug-likeness (QED) is 0.302. The first-order valence-electron chi connectivity index (χ1n) is 12.1. The lowest BCUT2D eigenvalue weighted by molar-refractivity contribution is -0.115. The molecule has 0 fully saturated rings. The fourth-order valence-corrected chi connectivity index (χ4v) is 4.97. The third kappa shape index (κ3) is 5.40. The molecular formula is C28H29N3O6S. The van der Waals surface area contributed by atoms with E-state index in [9.17, 15) is 14.4 Å². The SMILES string of the molecule is CCOC(=O)c1nn(-c2ccc(C(C)C)cc2)c(=O)c2c(NC(=O)Cc3ccc(OC)c(OC)c3)scc12. The van der Waals surface area contributed by atoms with Crippen LogP contribution in [0.4, 0.5) is 5.00 Å². The number of ether oxygens (including phenoxy) is 3. The molecule has 2 aromatic carbocycles. The Balaban J connectivity index is 1.74. The molecule has 2 aromatic heterocycles. The number of hydrogen-bond donors (Lipinski definition) is 1. The molecule has 4 rings (SSSR count). The standard InChI is InChI=1S/C28H29N3O6S/c1-6-37-28(34)25-20-15-38-26(29-23(32)14-17-7-12-21(35-4)22(13-17)36-5)24(20)27(33)31(30-25)19-10-8-18(9-11-19)16(2)3/h7-13,15-16H,6,14H2,1-5H3,(H,29,32). The molecule has 0 spiro atoms. The molecule has 0 aliphatic rings. The van der Waals surface area contributed by atoms with Crippen LogP contribution in [-0.2, 0) is 16.0 Å². The summed E-state index contributed by atoms with van der Waals surface area (Å²) in [5.74, 6) is 0.405. The van der Waals surface area contributed by atoms with Crippen LogP contribution in [0, 0.1) is 0 Å². The highest BCUT2D eigenvalue weighted by molar-refractivity contribution is 7.16. The zero-order valence-corrected chi connectivity index (χ0v) is 22.7.